The second-order valence-electron chi connectivity index (χ2n) is 4.85. The number of hydrogen-bond donors (Lipinski definition) is 1. The van der Waals surface area contributed by atoms with Crippen LogP contribution in [0.3, 0.4) is 0 Å². The van der Waals surface area contributed by atoms with Crippen molar-refractivity contribution in [2.24, 2.45) is 0 Å². The zero-order chi connectivity index (χ0) is 14.4. The molecule has 1 amide bonds. The molecule has 0 radical (unpaired) electrons. The molecule has 1 aliphatic heterocycles. The van der Waals surface area contributed by atoms with Crippen LogP contribution in [0.1, 0.15) is 22.2 Å². The molecule has 3 nitrogen and oxygen atoms in total. The van der Waals surface area contributed by atoms with Crippen molar-refractivity contribution < 1.29 is 4.79 Å². The van der Waals surface area contributed by atoms with Gasteiger partial charge >= 0.3 is 0 Å². The highest BCUT2D eigenvalue weighted by Crippen LogP contribution is 2.38. The summed E-state index contributed by atoms with van der Waals surface area (Å²) in [5.74, 6) is 0.0393. The van der Waals surface area contributed by atoms with Gasteiger partial charge in [-0.1, -0.05) is 0 Å². The molecular weight excluding hydrogens is 404 g/mol. The molecule has 20 heavy (non-hydrogen) atoms. The van der Waals surface area contributed by atoms with Crippen LogP contribution in [-0.4, -0.2) is 11.9 Å². The second kappa shape index (κ2) is 5.16. The average Bonchev–Trinajstić information content (AvgIpc) is 2.88. The number of halogens is 2. The largest absolute Gasteiger partial charge is 0.399 e. The Kier molecular flexibility index (Phi) is 3.64. The van der Waals surface area contributed by atoms with Crippen molar-refractivity contribution in [3.05, 3.63) is 43.0 Å². The minimum absolute atomic E-state index is 0.0393. The first-order valence-electron chi connectivity index (χ1n) is 6.14. The summed E-state index contributed by atoms with van der Waals surface area (Å²) >= 11 is 8.30. The molecule has 1 aliphatic rings. The van der Waals surface area contributed by atoms with E-state index in [0.717, 1.165) is 36.5 Å². The number of amides is 1. The van der Waals surface area contributed by atoms with E-state index in [9.17, 15) is 4.79 Å². The summed E-state index contributed by atoms with van der Waals surface area (Å²) in [4.78, 5) is 15.3. The first kappa shape index (κ1) is 14.1. The molecule has 1 aromatic carbocycles. The van der Waals surface area contributed by atoms with Crippen LogP contribution in [0.2, 0.25) is 0 Å². The van der Waals surface area contributed by atoms with Gasteiger partial charge in [0.1, 0.15) is 0 Å². The lowest BCUT2D eigenvalue weighted by atomic mass is 10.1. The maximum absolute atomic E-state index is 12.7. The molecule has 0 spiro atoms. The zero-order valence-electron chi connectivity index (χ0n) is 10.7. The predicted octanol–water partition coefficient (Wildman–Crippen LogP) is 4.45. The van der Waals surface area contributed by atoms with Crippen LogP contribution in [0.25, 0.3) is 0 Å². The molecule has 2 aromatic rings. The van der Waals surface area contributed by atoms with Gasteiger partial charge in [0.15, 0.2) is 0 Å². The van der Waals surface area contributed by atoms with Crippen molar-refractivity contribution in [3.8, 4) is 0 Å². The van der Waals surface area contributed by atoms with Gasteiger partial charge in [0.05, 0.1) is 8.66 Å². The Hall–Kier alpha value is -0.850. The smallest absolute Gasteiger partial charge is 0.268 e. The van der Waals surface area contributed by atoms with Gasteiger partial charge in [0.2, 0.25) is 0 Å². The number of anilines is 2. The maximum atomic E-state index is 12.7. The van der Waals surface area contributed by atoms with Crippen molar-refractivity contribution >= 4 is 60.5 Å². The van der Waals surface area contributed by atoms with Crippen LogP contribution in [0.5, 0.6) is 0 Å². The fraction of sp³-hybridized carbons (Fsp3) is 0.214. The Labute approximate surface area is 138 Å². The average molecular weight is 416 g/mol. The molecule has 1 aromatic heterocycles. The first-order valence-corrected chi connectivity index (χ1v) is 8.54. The summed E-state index contributed by atoms with van der Waals surface area (Å²) < 4.78 is 1.85. The predicted molar refractivity (Wildman–Crippen MR) is 90.5 cm³/mol. The van der Waals surface area contributed by atoms with Crippen molar-refractivity contribution in [1.29, 1.82) is 0 Å². The molecule has 0 bridgehead atoms. The second-order valence-corrected chi connectivity index (χ2v) is 8.07. The normalized spacial score (nSPS) is 17.4. The number of carbonyl (C=O) groups excluding carboxylic acids is 1. The van der Waals surface area contributed by atoms with E-state index in [1.54, 1.807) is 0 Å². The fourth-order valence-corrected chi connectivity index (χ4v) is 4.50. The van der Waals surface area contributed by atoms with Gasteiger partial charge in [-0.2, -0.15) is 0 Å². The van der Waals surface area contributed by atoms with Crippen molar-refractivity contribution in [3.63, 3.8) is 0 Å². The van der Waals surface area contributed by atoms with Crippen molar-refractivity contribution in [2.45, 2.75) is 19.4 Å². The number of thiophene rings is 1. The molecular formula is C14H12Br2N2OS. The Morgan fingerprint density at radius 2 is 2.15 bits per heavy atom. The molecule has 2 N–H and O–H groups in total. The number of rotatable bonds is 1. The molecule has 0 aliphatic carbocycles. The minimum Gasteiger partial charge on any atom is -0.399 e. The summed E-state index contributed by atoms with van der Waals surface area (Å²) in [6.45, 7) is 2.06. The lowest BCUT2D eigenvalue weighted by molar-refractivity contribution is 0.0985. The Morgan fingerprint density at radius 3 is 2.80 bits per heavy atom. The van der Waals surface area contributed by atoms with E-state index >= 15 is 0 Å². The number of nitrogens with two attached hydrogens (primary N) is 1. The molecule has 1 atom stereocenters. The standard InChI is InChI=1S/C14H12Br2N2OS/c1-7-4-8-5-9(17)2-3-11(8)18(7)14(19)12-6-10(15)13(16)20-12/h2-3,5-7H,4,17H2,1H3. The number of nitrogen functional groups attached to an aromatic ring is 1. The minimum atomic E-state index is 0.0393. The van der Waals surface area contributed by atoms with Crippen LogP contribution in [0.15, 0.2) is 32.5 Å². The number of fused-ring (bicyclic) bond motifs is 1. The topological polar surface area (TPSA) is 46.3 Å². The number of hydrogen-bond acceptors (Lipinski definition) is 3. The van der Waals surface area contributed by atoms with Crippen LogP contribution in [-0.2, 0) is 6.42 Å². The van der Waals surface area contributed by atoms with Gasteiger partial charge in [-0.05, 0) is 75.0 Å². The van der Waals surface area contributed by atoms with E-state index in [-0.39, 0.29) is 11.9 Å². The summed E-state index contributed by atoms with van der Waals surface area (Å²) in [7, 11) is 0. The lowest BCUT2D eigenvalue weighted by Gasteiger charge is -2.22. The molecule has 0 saturated heterocycles. The van der Waals surface area contributed by atoms with E-state index in [1.165, 1.54) is 11.3 Å². The van der Waals surface area contributed by atoms with Crippen LogP contribution in [0, 0.1) is 0 Å². The van der Waals surface area contributed by atoms with E-state index in [1.807, 2.05) is 29.2 Å². The molecule has 2 heterocycles. The Balaban J connectivity index is 2.00. The van der Waals surface area contributed by atoms with Gasteiger partial charge in [-0.25, -0.2) is 0 Å². The number of carbonyl (C=O) groups is 1. The Bertz CT molecular complexity index is 679. The summed E-state index contributed by atoms with van der Waals surface area (Å²) in [5.41, 5.74) is 8.67. The van der Waals surface area contributed by atoms with Gasteiger partial charge in [0, 0.05) is 21.9 Å². The monoisotopic (exact) mass is 414 g/mol. The highest BCUT2D eigenvalue weighted by atomic mass is 79.9. The third kappa shape index (κ3) is 2.29. The maximum Gasteiger partial charge on any atom is 0.268 e. The van der Waals surface area contributed by atoms with E-state index in [4.69, 9.17) is 5.73 Å². The van der Waals surface area contributed by atoms with Crippen LogP contribution in [0.4, 0.5) is 11.4 Å². The van der Waals surface area contributed by atoms with Gasteiger partial charge in [-0.3, -0.25) is 4.79 Å². The quantitative estimate of drug-likeness (QED) is 0.699. The van der Waals surface area contributed by atoms with Gasteiger partial charge in [0.25, 0.3) is 5.91 Å². The van der Waals surface area contributed by atoms with Crippen molar-refractivity contribution in [2.75, 3.05) is 10.6 Å². The molecule has 104 valence electrons. The SMILES string of the molecule is CC1Cc2cc(N)ccc2N1C(=O)c1cc(Br)c(Br)s1. The van der Waals surface area contributed by atoms with Gasteiger partial charge < -0.3 is 10.6 Å². The lowest BCUT2D eigenvalue weighted by Crippen LogP contribution is -2.35. The Morgan fingerprint density at radius 1 is 1.40 bits per heavy atom. The third-order valence-corrected chi connectivity index (χ3v) is 6.64. The van der Waals surface area contributed by atoms with Crippen LogP contribution >= 0.6 is 43.2 Å². The zero-order valence-corrected chi connectivity index (χ0v) is 14.7. The highest BCUT2D eigenvalue weighted by molar-refractivity contribution is 9.13. The van der Waals surface area contributed by atoms with E-state index < -0.39 is 0 Å². The molecule has 6 heteroatoms. The van der Waals surface area contributed by atoms with Crippen molar-refractivity contribution in [1.82, 2.24) is 0 Å². The summed E-state index contributed by atoms with van der Waals surface area (Å²) in [6, 6.07) is 7.75. The highest BCUT2D eigenvalue weighted by Gasteiger charge is 2.32. The molecule has 3 rings (SSSR count). The van der Waals surface area contributed by atoms with E-state index in [2.05, 4.69) is 38.8 Å². The third-order valence-electron chi connectivity index (χ3n) is 3.39. The summed E-state index contributed by atoms with van der Waals surface area (Å²) in [5, 5.41) is 0. The molecule has 1 unspecified atom stereocenters. The summed E-state index contributed by atoms with van der Waals surface area (Å²) in [6.07, 6.45) is 0.847. The molecule has 0 fully saturated rings. The first-order chi connectivity index (χ1) is 9.47. The van der Waals surface area contributed by atoms with Gasteiger partial charge in [-0.15, -0.1) is 11.3 Å². The fourth-order valence-electron chi connectivity index (χ4n) is 2.53. The van der Waals surface area contributed by atoms with Crippen LogP contribution < -0.4 is 10.6 Å². The van der Waals surface area contributed by atoms with E-state index in [0.29, 0.717) is 0 Å². The number of benzene rings is 1. The molecule has 0 saturated carbocycles. The number of nitrogens with zero attached hydrogens (tertiary/aromatic N) is 1.